The van der Waals surface area contributed by atoms with Crippen LogP contribution in [0.4, 0.5) is 0 Å². The molecular formula is C48H79NO18. The molecule has 67 heavy (non-hydrogen) atoms. The van der Waals surface area contributed by atoms with Crippen molar-refractivity contribution >= 4 is 24.0 Å². The number of hydrogen-bond donors (Lipinski definition) is 4. The lowest BCUT2D eigenvalue weighted by Crippen LogP contribution is -2.65. The zero-order valence-electron chi connectivity index (χ0n) is 41.6. The van der Waals surface area contributed by atoms with E-state index in [0.29, 0.717) is 18.3 Å². The third kappa shape index (κ3) is 14.6. The van der Waals surface area contributed by atoms with Crippen molar-refractivity contribution in [3.05, 3.63) is 23.8 Å². The zero-order valence-corrected chi connectivity index (χ0v) is 41.6. The lowest BCUT2D eigenvalue weighted by molar-refractivity contribution is -0.342. The van der Waals surface area contributed by atoms with Crippen LogP contribution in [0.2, 0.25) is 0 Å². The standard InChI is InChI=1S/C48H79NO18/c1-14-34-32(23-60-47-44(59-13)43(58-12)39(54)27(5)62-47)19-24(2)15-16-33(52)25(3)20-31(17-18-50)41(26(4)35(64-30(8)51)21-36(53)65-34)67-46-40(55)38(49(10)11)42(28(6)63-46)66-37-22-48(9,57)45(56)29(7)61-37/h15-16,18-19,25-29,31-32,34-35,37-47,54-57H,14,17,20-23H2,1-13H3/b16-15+,24-19+/t25-,26+,27?,28?,29?,31+,32?,34-,35-,37-,38?,39?,40?,41-,42+,43?,44?,45?,46-,47?,48?/m0/s1. The SMILES string of the molecule is CC[C@@H]1OC(=O)C[C@H](OC(C)=O)[C@@H](C)[C@H](O[C@@H]2OC(C)[C@@H](O[C@H]3CC(C)(O)C(O)C(C)O3)C(N(C)C)C2O)[C@H](CC=O)C[C@H](C)C(=O)/C=C/C(C)=C/C1COC1OC(C)C(O)C(OC)C1OC. The number of aldehydes is 1. The van der Waals surface area contributed by atoms with E-state index in [9.17, 15) is 39.6 Å². The average Bonchev–Trinajstić information content (AvgIpc) is 3.25. The van der Waals surface area contributed by atoms with Crippen LogP contribution in [-0.2, 0) is 66.5 Å². The Morgan fingerprint density at radius 3 is 2.13 bits per heavy atom. The van der Waals surface area contributed by atoms with Crippen molar-refractivity contribution < 1.29 is 87.0 Å². The molecule has 19 nitrogen and oxygen atoms in total. The molecule has 3 saturated heterocycles. The molecule has 4 heterocycles. The Kier molecular flexibility index (Phi) is 21.5. The second kappa shape index (κ2) is 25.4. The third-order valence-electron chi connectivity index (χ3n) is 13.7. The van der Waals surface area contributed by atoms with E-state index in [1.807, 2.05) is 13.0 Å². The van der Waals surface area contributed by atoms with Crippen molar-refractivity contribution in [1.82, 2.24) is 4.90 Å². The molecule has 3 fully saturated rings. The van der Waals surface area contributed by atoms with Gasteiger partial charge in [-0.25, -0.2) is 0 Å². The number of esters is 2. The first-order valence-electron chi connectivity index (χ1n) is 23.6. The molecule has 4 aliphatic heterocycles. The molecule has 4 N–H and O–H groups in total. The maximum Gasteiger partial charge on any atom is 0.309 e. The summed E-state index contributed by atoms with van der Waals surface area (Å²) in [5.74, 6) is -4.40. The Bertz CT molecular complexity index is 1670. The molecule has 0 aromatic rings. The normalized spacial score (nSPS) is 44.3. The third-order valence-corrected chi connectivity index (χ3v) is 13.7. The summed E-state index contributed by atoms with van der Waals surface area (Å²) in [5, 5.41) is 44.2. The van der Waals surface area contributed by atoms with Crippen molar-refractivity contribution in [3.8, 4) is 0 Å². The van der Waals surface area contributed by atoms with Gasteiger partial charge in [0, 0.05) is 51.7 Å². The van der Waals surface area contributed by atoms with Crippen LogP contribution < -0.4 is 0 Å². The minimum absolute atomic E-state index is 0.0309. The zero-order chi connectivity index (χ0) is 50.1. The first-order chi connectivity index (χ1) is 31.5. The Labute approximate surface area is 395 Å². The van der Waals surface area contributed by atoms with Gasteiger partial charge >= 0.3 is 11.9 Å². The largest absolute Gasteiger partial charge is 0.462 e. The van der Waals surface area contributed by atoms with Crippen LogP contribution >= 0.6 is 0 Å². The molecule has 0 amide bonds. The number of rotatable bonds is 14. The second-order valence-corrected chi connectivity index (χ2v) is 19.3. The van der Waals surface area contributed by atoms with Gasteiger partial charge in [-0.3, -0.25) is 14.4 Å². The molecule has 4 rings (SSSR count). The number of carbonyl (C=O) groups excluding carboxylic acids is 4. The van der Waals surface area contributed by atoms with Gasteiger partial charge in [0.2, 0.25) is 0 Å². The fourth-order valence-electron chi connectivity index (χ4n) is 9.86. The van der Waals surface area contributed by atoms with Crippen LogP contribution in [0.15, 0.2) is 23.8 Å². The van der Waals surface area contributed by atoms with E-state index in [1.165, 1.54) is 34.1 Å². The first kappa shape index (κ1) is 56.8. The van der Waals surface area contributed by atoms with Crippen molar-refractivity contribution in [1.29, 1.82) is 0 Å². The van der Waals surface area contributed by atoms with Gasteiger partial charge in [-0.15, -0.1) is 0 Å². The molecule has 12 unspecified atom stereocenters. The maximum absolute atomic E-state index is 14.1. The van der Waals surface area contributed by atoms with Crippen LogP contribution in [-0.4, -0.2) is 188 Å². The molecule has 0 aliphatic carbocycles. The molecule has 0 aromatic carbocycles. The highest BCUT2D eigenvalue weighted by Gasteiger charge is 2.52. The maximum atomic E-state index is 14.1. The summed E-state index contributed by atoms with van der Waals surface area (Å²) < 4.78 is 60.9. The number of nitrogens with zero attached hydrogens (tertiary/aromatic N) is 1. The molecular weight excluding hydrogens is 879 g/mol. The summed E-state index contributed by atoms with van der Waals surface area (Å²) in [4.78, 5) is 54.9. The number of ether oxygens (including phenoxy) is 10. The molecule has 19 heteroatoms. The van der Waals surface area contributed by atoms with Crippen molar-refractivity contribution in [2.24, 2.45) is 23.7 Å². The Hall–Kier alpha value is -2.76. The quantitative estimate of drug-likeness (QED) is 0.144. The Morgan fingerprint density at radius 1 is 0.896 bits per heavy atom. The predicted octanol–water partition coefficient (Wildman–Crippen LogP) is 2.40. The lowest BCUT2D eigenvalue weighted by Gasteiger charge is -2.50. The molecule has 0 aromatic heterocycles. The van der Waals surface area contributed by atoms with E-state index >= 15 is 0 Å². The first-order valence-corrected chi connectivity index (χ1v) is 23.6. The Morgan fingerprint density at radius 2 is 1.55 bits per heavy atom. The minimum Gasteiger partial charge on any atom is -0.462 e. The van der Waals surface area contributed by atoms with E-state index in [-0.39, 0.29) is 31.7 Å². The monoisotopic (exact) mass is 958 g/mol. The molecule has 0 radical (unpaired) electrons. The molecule has 384 valence electrons. The summed E-state index contributed by atoms with van der Waals surface area (Å²) in [6.07, 6.45) is -8.72. The van der Waals surface area contributed by atoms with Crippen molar-refractivity contribution in [3.63, 3.8) is 0 Å². The van der Waals surface area contributed by atoms with Crippen molar-refractivity contribution in [2.75, 3.05) is 34.9 Å². The number of likely N-dealkylation sites (N-methyl/N-ethyl adjacent to an activating group) is 1. The summed E-state index contributed by atoms with van der Waals surface area (Å²) in [5.41, 5.74) is -0.838. The molecule has 0 spiro atoms. The van der Waals surface area contributed by atoms with E-state index in [0.717, 1.165) is 0 Å². The highest BCUT2D eigenvalue weighted by molar-refractivity contribution is 5.91. The number of allylic oxidation sites excluding steroid dienone is 3. The van der Waals surface area contributed by atoms with E-state index in [4.69, 9.17) is 47.4 Å². The van der Waals surface area contributed by atoms with Crippen LogP contribution in [0.1, 0.15) is 94.4 Å². The molecule has 0 saturated carbocycles. The van der Waals surface area contributed by atoms with Crippen LogP contribution in [0, 0.1) is 23.7 Å². The number of aliphatic hydroxyl groups is 4. The molecule has 4 aliphatic rings. The van der Waals surface area contributed by atoms with E-state index < -0.39 is 146 Å². The summed E-state index contributed by atoms with van der Waals surface area (Å²) in [6.45, 7) is 14.8. The van der Waals surface area contributed by atoms with Gasteiger partial charge in [0.05, 0.1) is 49.1 Å². The lowest BCUT2D eigenvalue weighted by atomic mass is 9.79. The highest BCUT2D eigenvalue weighted by Crippen LogP contribution is 2.38. The molecule has 21 atom stereocenters. The predicted molar refractivity (Wildman–Crippen MR) is 240 cm³/mol. The topological polar surface area (TPSA) is 245 Å². The molecule has 0 bridgehead atoms. The summed E-state index contributed by atoms with van der Waals surface area (Å²) >= 11 is 0. The van der Waals surface area contributed by atoms with Crippen LogP contribution in [0.25, 0.3) is 0 Å². The van der Waals surface area contributed by atoms with E-state index in [2.05, 4.69) is 0 Å². The average molecular weight is 958 g/mol. The van der Waals surface area contributed by atoms with Crippen LogP contribution in [0.3, 0.4) is 0 Å². The van der Waals surface area contributed by atoms with Gasteiger partial charge in [0.25, 0.3) is 0 Å². The number of hydrogen-bond acceptors (Lipinski definition) is 19. The van der Waals surface area contributed by atoms with Crippen LogP contribution in [0.5, 0.6) is 0 Å². The van der Waals surface area contributed by atoms with Gasteiger partial charge in [0.1, 0.15) is 55.1 Å². The number of methoxy groups -OCH3 is 2. The Balaban J connectivity index is 1.69. The minimum atomic E-state index is -1.51. The van der Waals surface area contributed by atoms with Crippen molar-refractivity contribution in [2.45, 2.75) is 198 Å². The number of cyclic esters (lactones) is 1. The highest BCUT2D eigenvalue weighted by atomic mass is 16.7. The van der Waals surface area contributed by atoms with Gasteiger partial charge in [-0.05, 0) is 73.5 Å². The van der Waals surface area contributed by atoms with Gasteiger partial charge in [-0.1, -0.05) is 38.5 Å². The van der Waals surface area contributed by atoms with Gasteiger partial charge in [-0.2, -0.15) is 0 Å². The summed E-state index contributed by atoms with van der Waals surface area (Å²) in [7, 11) is 6.41. The number of carbonyl (C=O) groups is 4. The van der Waals surface area contributed by atoms with Gasteiger partial charge in [0.15, 0.2) is 24.7 Å². The number of ketones is 1. The van der Waals surface area contributed by atoms with Gasteiger partial charge < -0.3 is 77.5 Å². The fourth-order valence-corrected chi connectivity index (χ4v) is 9.86. The number of aliphatic hydroxyl groups excluding tert-OH is 3. The smallest absolute Gasteiger partial charge is 0.309 e. The second-order valence-electron chi connectivity index (χ2n) is 19.3. The summed E-state index contributed by atoms with van der Waals surface area (Å²) in [6, 6.07) is -0.777. The van der Waals surface area contributed by atoms with E-state index in [1.54, 1.807) is 66.6 Å². The fraction of sp³-hybridized carbons (Fsp3) is 0.833.